The summed E-state index contributed by atoms with van der Waals surface area (Å²) in [4.78, 5) is 41.1. The lowest BCUT2D eigenvalue weighted by molar-refractivity contribution is -0.145. The third kappa shape index (κ3) is 2.27. The van der Waals surface area contributed by atoms with Gasteiger partial charge < -0.3 is 10.4 Å². The molecule has 0 unspecified atom stereocenters. The average molecular weight is 406 g/mol. The summed E-state index contributed by atoms with van der Waals surface area (Å²) in [6.45, 7) is 7.11. The maximum Gasteiger partial charge on any atom is 0.250 e. The monoisotopic (exact) mass is 405 g/mol. The van der Waals surface area contributed by atoms with Crippen molar-refractivity contribution in [2.75, 3.05) is 5.32 Å². The summed E-state index contributed by atoms with van der Waals surface area (Å²) in [6, 6.07) is 2.42. The quantitative estimate of drug-likeness (QED) is 0.663. The summed E-state index contributed by atoms with van der Waals surface area (Å²) >= 11 is 6.27. The van der Waals surface area contributed by atoms with Crippen LogP contribution in [0, 0.1) is 18.8 Å². The minimum absolute atomic E-state index is 0.276. The zero-order valence-electron chi connectivity index (χ0n) is 16.2. The van der Waals surface area contributed by atoms with E-state index in [1.807, 2.05) is 20.8 Å². The van der Waals surface area contributed by atoms with Gasteiger partial charge in [0.15, 0.2) is 0 Å². The van der Waals surface area contributed by atoms with Crippen molar-refractivity contribution in [2.45, 2.75) is 57.8 Å². The fourth-order valence-electron chi connectivity index (χ4n) is 5.02. The molecule has 2 fully saturated rings. The molecule has 1 aromatic rings. The number of aliphatic hydroxyl groups excluding tert-OH is 1. The van der Waals surface area contributed by atoms with Crippen molar-refractivity contribution in [3.05, 3.63) is 28.3 Å². The zero-order chi connectivity index (χ0) is 20.5. The van der Waals surface area contributed by atoms with Gasteiger partial charge in [0.05, 0.1) is 17.9 Å². The fourth-order valence-corrected chi connectivity index (χ4v) is 5.29. The number of fused-ring (bicyclic) bond motifs is 4. The number of likely N-dealkylation sites (tertiary alicyclic amines) is 1. The van der Waals surface area contributed by atoms with Gasteiger partial charge in [0.2, 0.25) is 17.7 Å². The number of halogens is 1. The van der Waals surface area contributed by atoms with Crippen LogP contribution in [0.5, 0.6) is 0 Å². The van der Waals surface area contributed by atoms with E-state index >= 15 is 0 Å². The Morgan fingerprint density at radius 2 is 1.93 bits per heavy atom. The van der Waals surface area contributed by atoms with E-state index in [4.69, 9.17) is 11.6 Å². The predicted octanol–water partition coefficient (Wildman–Crippen LogP) is 1.55. The highest BCUT2D eigenvalue weighted by atomic mass is 35.5. The molecule has 150 valence electrons. The van der Waals surface area contributed by atoms with Gasteiger partial charge in [-0.25, -0.2) is 0 Å². The van der Waals surface area contributed by atoms with Gasteiger partial charge in [-0.2, -0.15) is 0 Å². The van der Waals surface area contributed by atoms with Crippen LogP contribution in [-0.4, -0.2) is 45.9 Å². The molecule has 0 bridgehead atoms. The van der Waals surface area contributed by atoms with Gasteiger partial charge >= 0.3 is 0 Å². The van der Waals surface area contributed by atoms with Gasteiger partial charge in [-0.05, 0) is 44.9 Å². The van der Waals surface area contributed by atoms with Gasteiger partial charge in [-0.3, -0.25) is 24.6 Å². The summed E-state index contributed by atoms with van der Waals surface area (Å²) in [7, 11) is 0. The molecular formula is C20H24ClN3O4. The fraction of sp³-hybridized carbons (Fsp3) is 0.550. The van der Waals surface area contributed by atoms with Gasteiger partial charge in [0, 0.05) is 28.4 Å². The molecular weight excluding hydrogens is 382 g/mol. The molecule has 7 nitrogen and oxygen atoms in total. The Kier molecular flexibility index (Phi) is 4.34. The number of aliphatic hydroxyl groups is 1. The predicted molar refractivity (Wildman–Crippen MR) is 104 cm³/mol. The van der Waals surface area contributed by atoms with Gasteiger partial charge in [-0.15, -0.1) is 0 Å². The molecule has 6 atom stereocenters. The van der Waals surface area contributed by atoms with Crippen LogP contribution in [0.1, 0.15) is 38.3 Å². The number of hydrogen-bond donors (Lipinski definition) is 3. The normalized spacial score (nSPS) is 33.3. The van der Waals surface area contributed by atoms with Crippen LogP contribution in [0.15, 0.2) is 12.1 Å². The van der Waals surface area contributed by atoms with E-state index in [0.717, 1.165) is 5.56 Å². The number of imide groups is 1. The van der Waals surface area contributed by atoms with Crippen LogP contribution in [0.25, 0.3) is 0 Å². The molecule has 0 aliphatic carbocycles. The third-order valence-electron chi connectivity index (χ3n) is 6.51. The molecule has 3 aliphatic rings. The Balaban J connectivity index is 1.94. The smallest absolute Gasteiger partial charge is 0.250 e. The Labute approximate surface area is 168 Å². The summed E-state index contributed by atoms with van der Waals surface area (Å²) < 4.78 is 0. The summed E-state index contributed by atoms with van der Waals surface area (Å²) in [5, 5.41) is 16.9. The van der Waals surface area contributed by atoms with Crippen molar-refractivity contribution in [3.63, 3.8) is 0 Å². The van der Waals surface area contributed by atoms with Crippen LogP contribution < -0.4 is 10.6 Å². The molecule has 0 aromatic heterocycles. The minimum atomic E-state index is -1.42. The first-order chi connectivity index (χ1) is 13.1. The number of anilines is 1. The maximum atomic E-state index is 13.4. The van der Waals surface area contributed by atoms with Gasteiger partial charge in [-0.1, -0.05) is 18.5 Å². The van der Waals surface area contributed by atoms with E-state index in [1.165, 1.54) is 4.90 Å². The van der Waals surface area contributed by atoms with Crippen molar-refractivity contribution >= 4 is 35.0 Å². The number of carbonyl (C=O) groups is 3. The largest absolute Gasteiger partial charge is 0.392 e. The van der Waals surface area contributed by atoms with E-state index in [-0.39, 0.29) is 17.9 Å². The highest BCUT2D eigenvalue weighted by Crippen LogP contribution is 2.54. The topological polar surface area (TPSA) is 98.7 Å². The molecule has 8 heteroatoms. The molecule has 3 heterocycles. The molecule has 3 N–H and O–H groups in total. The van der Waals surface area contributed by atoms with Crippen molar-refractivity contribution in [1.82, 2.24) is 10.2 Å². The zero-order valence-corrected chi connectivity index (χ0v) is 17.0. The molecule has 28 heavy (non-hydrogen) atoms. The summed E-state index contributed by atoms with van der Waals surface area (Å²) in [5.41, 5.74) is 0.524. The molecule has 2 saturated heterocycles. The second kappa shape index (κ2) is 6.27. The van der Waals surface area contributed by atoms with E-state index in [9.17, 15) is 19.5 Å². The molecule has 1 aromatic carbocycles. The van der Waals surface area contributed by atoms with Crippen molar-refractivity contribution in [3.8, 4) is 0 Å². The number of nitrogens with one attached hydrogen (secondary N) is 2. The van der Waals surface area contributed by atoms with Crippen LogP contribution in [0.4, 0.5) is 5.69 Å². The number of nitrogens with zero attached hydrogens (tertiary/aromatic N) is 1. The number of hydrogen-bond acceptors (Lipinski definition) is 5. The Hall–Kier alpha value is -1.96. The van der Waals surface area contributed by atoms with Crippen molar-refractivity contribution < 1.29 is 19.5 Å². The number of amides is 3. The maximum absolute atomic E-state index is 13.4. The number of aryl methyl sites for hydroxylation is 1. The molecule has 3 aliphatic heterocycles. The lowest BCUT2D eigenvalue weighted by atomic mass is 9.76. The second-order valence-corrected chi connectivity index (χ2v) is 8.56. The van der Waals surface area contributed by atoms with Crippen LogP contribution in [0.2, 0.25) is 5.02 Å². The Morgan fingerprint density at radius 1 is 1.25 bits per heavy atom. The van der Waals surface area contributed by atoms with Crippen molar-refractivity contribution in [1.29, 1.82) is 0 Å². The third-order valence-corrected chi connectivity index (χ3v) is 6.72. The SMILES string of the molecule is CC[C@H](C)N1C(=O)[C@@H]2[C@@H]([C@H](C)O)N[C@@]3(C(=O)Nc4c(C)cc(Cl)cc43)[C@@H]2C1=O. The lowest BCUT2D eigenvalue weighted by Gasteiger charge is -2.31. The highest BCUT2D eigenvalue weighted by Gasteiger charge is 2.71. The van der Waals surface area contributed by atoms with Gasteiger partial charge in [0.25, 0.3) is 0 Å². The first kappa shape index (κ1) is 19.4. The molecule has 1 spiro atoms. The number of benzene rings is 1. The first-order valence-corrected chi connectivity index (χ1v) is 9.97. The molecule has 3 amide bonds. The van der Waals surface area contributed by atoms with E-state index in [2.05, 4.69) is 10.6 Å². The van der Waals surface area contributed by atoms with Gasteiger partial charge in [0.1, 0.15) is 5.54 Å². The minimum Gasteiger partial charge on any atom is -0.392 e. The number of carbonyl (C=O) groups excluding carboxylic acids is 3. The number of rotatable bonds is 3. The standard InChI is InChI=1S/C20H24ClN3O4/c1-5-9(3)24-17(26)13-14(18(24)27)20(23-16(13)10(4)25)12-7-11(21)6-8(2)15(12)22-19(20)28/h6-7,9-10,13-14,16,23,25H,5H2,1-4H3,(H,22,28)/t9-,10-,13-,14-,16+,20+/m0/s1. The summed E-state index contributed by atoms with van der Waals surface area (Å²) in [6.07, 6.45) is -0.303. The lowest BCUT2D eigenvalue weighted by Crippen LogP contribution is -2.55. The summed E-state index contributed by atoms with van der Waals surface area (Å²) in [5.74, 6) is -2.83. The Bertz CT molecular complexity index is 902. The molecule has 0 saturated carbocycles. The highest BCUT2D eigenvalue weighted by molar-refractivity contribution is 6.31. The van der Waals surface area contributed by atoms with E-state index < -0.39 is 35.4 Å². The first-order valence-electron chi connectivity index (χ1n) is 9.59. The van der Waals surface area contributed by atoms with Crippen LogP contribution in [-0.2, 0) is 19.9 Å². The van der Waals surface area contributed by atoms with Crippen LogP contribution in [0.3, 0.4) is 0 Å². The van der Waals surface area contributed by atoms with Crippen LogP contribution >= 0.6 is 11.6 Å². The Morgan fingerprint density at radius 3 is 2.54 bits per heavy atom. The molecule has 4 rings (SSSR count). The van der Waals surface area contributed by atoms with Crippen molar-refractivity contribution in [2.24, 2.45) is 11.8 Å². The molecule has 0 radical (unpaired) electrons. The van der Waals surface area contributed by atoms with E-state index in [1.54, 1.807) is 19.1 Å². The second-order valence-electron chi connectivity index (χ2n) is 8.13. The van der Waals surface area contributed by atoms with E-state index in [0.29, 0.717) is 22.7 Å². The average Bonchev–Trinajstić information content (AvgIpc) is 3.21.